The molecular weight excluding hydrogens is 224 g/mol. The first kappa shape index (κ1) is 10.8. The molecule has 0 fully saturated rings. The van der Waals surface area contributed by atoms with Crippen LogP contribution in [0.25, 0.3) is 0 Å². The Bertz CT molecular complexity index is 443. The van der Waals surface area contributed by atoms with Crippen molar-refractivity contribution in [1.82, 2.24) is 15.0 Å². The molecule has 0 saturated heterocycles. The van der Waals surface area contributed by atoms with E-state index in [1.807, 2.05) is 24.1 Å². The summed E-state index contributed by atoms with van der Waals surface area (Å²) >= 11 is 5.77. The van der Waals surface area contributed by atoms with E-state index in [1.54, 1.807) is 24.8 Å². The minimum absolute atomic E-state index is 0.636. The van der Waals surface area contributed by atoms with Crippen molar-refractivity contribution in [2.75, 3.05) is 11.9 Å². The fourth-order valence-electron chi connectivity index (χ4n) is 1.33. The second-order valence-corrected chi connectivity index (χ2v) is 3.82. The van der Waals surface area contributed by atoms with E-state index < -0.39 is 0 Å². The smallest absolute Gasteiger partial charge is 0.128 e. The Morgan fingerprint density at radius 1 is 1.19 bits per heavy atom. The lowest BCUT2D eigenvalue weighted by molar-refractivity contribution is 0.856. The first-order valence-corrected chi connectivity index (χ1v) is 5.21. The predicted octanol–water partition coefficient (Wildman–Crippen LogP) is 2.16. The zero-order chi connectivity index (χ0) is 11.4. The van der Waals surface area contributed by atoms with Gasteiger partial charge in [-0.2, -0.15) is 0 Å². The second-order valence-electron chi connectivity index (χ2n) is 3.39. The third kappa shape index (κ3) is 2.67. The normalized spacial score (nSPS) is 10.1. The summed E-state index contributed by atoms with van der Waals surface area (Å²) in [6.45, 7) is 0.669. The van der Waals surface area contributed by atoms with Crippen molar-refractivity contribution in [2.24, 2.45) is 0 Å². The van der Waals surface area contributed by atoms with Gasteiger partial charge in [0.25, 0.3) is 0 Å². The Morgan fingerprint density at radius 2 is 2.06 bits per heavy atom. The highest BCUT2D eigenvalue weighted by atomic mass is 35.5. The molecule has 0 atom stereocenters. The molecule has 0 aliphatic carbocycles. The molecule has 0 bridgehead atoms. The first-order valence-electron chi connectivity index (χ1n) is 4.83. The van der Waals surface area contributed by atoms with Gasteiger partial charge in [0, 0.05) is 25.6 Å². The van der Waals surface area contributed by atoms with Gasteiger partial charge in [0.1, 0.15) is 5.82 Å². The Hall–Kier alpha value is -1.68. The first-order chi connectivity index (χ1) is 7.75. The van der Waals surface area contributed by atoms with Crippen LogP contribution in [0.5, 0.6) is 0 Å². The third-order valence-corrected chi connectivity index (χ3v) is 2.34. The monoisotopic (exact) mass is 234 g/mol. The minimum Gasteiger partial charge on any atom is -0.354 e. The van der Waals surface area contributed by atoms with Crippen molar-refractivity contribution in [3.63, 3.8) is 0 Å². The summed E-state index contributed by atoms with van der Waals surface area (Å²) in [4.78, 5) is 14.4. The number of pyridine rings is 1. The largest absolute Gasteiger partial charge is 0.354 e. The Kier molecular flexibility index (Phi) is 3.31. The molecule has 16 heavy (non-hydrogen) atoms. The van der Waals surface area contributed by atoms with Crippen LogP contribution in [0, 0.1) is 0 Å². The third-order valence-electron chi connectivity index (χ3n) is 2.12. The Balaban J connectivity index is 2.09. The summed E-state index contributed by atoms with van der Waals surface area (Å²) in [7, 11) is 1.95. The maximum atomic E-state index is 5.77. The molecule has 2 aromatic heterocycles. The van der Waals surface area contributed by atoms with Gasteiger partial charge < -0.3 is 4.90 Å². The lowest BCUT2D eigenvalue weighted by atomic mass is 10.4. The van der Waals surface area contributed by atoms with Gasteiger partial charge in [-0.3, -0.25) is 9.97 Å². The molecule has 0 aromatic carbocycles. The maximum absolute atomic E-state index is 5.77. The van der Waals surface area contributed by atoms with E-state index in [4.69, 9.17) is 11.6 Å². The van der Waals surface area contributed by atoms with E-state index in [9.17, 15) is 0 Å². The molecule has 0 radical (unpaired) electrons. The van der Waals surface area contributed by atoms with Gasteiger partial charge >= 0.3 is 0 Å². The van der Waals surface area contributed by atoms with Crippen LogP contribution in [0.1, 0.15) is 5.69 Å². The van der Waals surface area contributed by atoms with Crippen LogP contribution in [0.15, 0.2) is 36.9 Å². The summed E-state index contributed by atoms with van der Waals surface area (Å²) in [6, 6.07) is 3.69. The van der Waals surface area contributed by atoms with Crippen LogP contribution in [0.4, 0.5) is 5.82 Å². The predicted molar refractivity (Wildman–Crippen MR) is 63.4 cm³/mol. The number of nitrogens with zero attached hydrogens (tertiary/aromatic N) is 4. The van der Waals surface area contributed by atoms with Crippen LogP contribution in [0.2, 0.25) is 5.02 Å². The van der Waals surface area contributed by atoms with E-state index in [-0.39, 0.29) is 0 Å². The molecule has 0 amide bonds. The van der Waals surface area contributed by atoms with Crippen molar-refractivity contribution in [3.8, 4) is 0 Å². The van der Waals surface area contributed by atoms with E-state index in [2.05, 4.69) is 15.0 Å². The van der Waals surface area contributed by atoms with Gasteiger partial charge in [-0.25, -0.2) is 4.98 Å². The molecule has 5 heteroatoms. The molecule has 2 rings (SSSR count). The van der Waals surface area contributed by atoms with Crippen LogP contribution in [-0.4, -0.2) is 22.0 Å². The molecule has 2 heterocycles. The molecule has 0 aliphatic rings. The van der Waals surface area contributed by atoms with Crippen molar-refractivity contribution in [2.45, 2.75) is 6.54 Å². The summed E-state index contributed by atoms with van der Waals surface area (Å²) < 4.78 is 0. The number of anilines is 1. The average molecular weight is 235 g/mol. The van der Waals surface area contributed by atoms with Crippen LogP contribution in [-0.2, 0) is 6.54 Å². The van der Waals surface area contributed by atoms with Crippen molar-refractivity contribution in [3.05, 3.63) is 47.6 Å². The SMILES string of the molecule is CN(Cc1cnccn1)c1ccc(Cl)cn1. The van der Waals surface area contributed by atoms with Crippen molar-refractivity contribution >= 4 is 17.4 Å². The average Bonchev–Trinajstić information content (AvgIpc) is 2.31. The molecule has 0 spiro atoms. The van der Waals surface area contributed by atoms with Gasteiger partial charge in [-0.1, -0.05) is 11.6 Å². The molecule has 82 valence electrons. The number of hydrogen-bond acceptors (Lipinski definition) is 4. The molecule has 0 N–H and O–H groups in total. The van der Waals surface area contributed by atoms with Crippen LogP contribution < -0.4 is 4.90 Å². The lowest BCUT2D eigenvalue weighted by Crippen LogP contribution is -2.18. The molecule has 2 aromatic rings. The molecular formula is C11H11ClN4. The van der Waals surface area contributed by atoms with Crippen LogP contribution in [0.3, 0.4) is 0 Å². The molecule has 0 saturated carbocycles. The Labute approximate surface area is 98.9 Å². The number of halogens is 1. The molecule has 4 nitrogen and oxygen atoms in total. The summed E-state index contributed by atoms with van der Waals surface area (Å²) in [5.74, 6) is 0.857. The highest BCUT2D eigenvalue weighted by molar-refractivity contribution is 6.30. The van der Waals surface area contributed by atoms with Gasteiger partial charge in [0.2, 0.25) is 0 Å². The maximum Gasteiger partial charge on any atom is 0.128 e. The standard InChI is InChI=1S/C11H11ClN4/c1-16(8-10-7-13-4-5-14-10)11-3-2-9(12)6-15-11/h2-7H,8H2,1H3. The quantitative estimate of drug-likeness (QED) is 0.816. The highest BCUT2D eigenvalue weighted by Crippen LogP contribution is 2.14. The van der Waals surface area contributed by atoms with Gasteiger partial charge in [0.15, 0.2) is 0 Å². The zero-order valence-corrected chi connectivity index (χ0v) is 9.59. The van der Waals surface area contributed by atoms with E-state index in [0.717, 1.165) is 11.5 Å². The van der Waals surface area contributed by atoms with Crippen molar-refractivity contribution in [1.29, 1.82) is 0 Å². The molecule has 0 aliphatic heterocycles. The Morgan fingerprint density at radius 3 is 2.69 bits per heavy atom. The van der Waals surface area contributed by atoms with E-state index in [0.29, 0.717) is 11.6 Å². The van der Waals surface area contributed by atoms with Gasteiger partial charge in [0.05, 0.1) is 23.5 Å². The van der Waals surface area contributed by atoms with Gasteiger partial charge in [-0.05, 0) is 12.1 Å². The van der Waals surface area contributed by atoms with Crippen molar-refractivity contribution < 1.29 is 0 Å². The van der Waals surface area contributed by atoms with Crippen LogP contribution >= 0.6 is 11.6 Å². The fourth-order valence-corrected chi connectivity index (χ4v) is 1.44. The number of rotatable bonds is 3. The number of hydrogen-bond donors (Lipinski definition) is 0. The number of aromatic nitrogens is 3. The van der Waals surface area contributed by atoms with E-state index >= 15 is 0 Å². The summed E-state index contributed by atoms with van der Waals surface area (Å²) in [5.41, 5.74) is 0.904. The summed E-state index contributed by atoms with van der Waals surface area (Å²) in [6.07, 6.45) is 6.71. The van der Waals surface area contributed by atoms with E-state index in [1.165, 1.54) is 0 Å². The molecule has 0 unspecified atom stereocenters. The summed E-state index contributed by atoms with van der Waals surface area (Å²) in [5, 5.41) is 0.636. The second kappa shape index (κ2) is 4.90. The topological polar surface area (TPSA) is 41.9 Å². The van der Waals surface area contributed by atoms with Gasteiger partial charge in [-0.15, -0.1) is 0 Å². The lowest BCUT2D eigenvalue weighted by Gasteiger charge is -2.17. The minimum atomic E-state index is 0.636. The fraction of sp³-hybridized carbons (Fsp3) is 0.182. The zero-order valence-electron chi connectivity index (χ0n) is 8.84. The highest BCUT2D eigenvalue weighted by Gasteiger charge is 2.03.